The van der Waals surface area contributed by atoms with Crippen molar-refractivity contribution in [2.45, 2.75) is 12.8 Å². The molecule has 0 atom stereocenters. The average Bonchev–Trinajstić information content (AvgIpc) is 2.84. The Kier molecular flexibility index (Phi) is 3.84. The molecule has 0 radical (unpaired) electrons. The second-order valence-electron chi connectivity index (χ2n) is 4.23. The van der Waals surface area contributed by atoms with Crippen LogP contribution in [0.3, 0.4) is 0 Å². The SMILES string of the molecule is N#Cc1cccc(OCCN2CCCC2)c1N. The van der Waals surface area contributed by atoms with Gasteiger partial charge in [0.05, 0.1) is 11.3 Å². The number of ether oxygens (including phenoxy) is 1. The Balaban J connectivity index is 1.88. The number of nitriles is 1. The normalized spacial score (nSPS) is 15.7. The van der Waals surface area contributed by atoms with Crippen molar-refractivity contribution in [3.8, 4) is 11.8 Å². The first-order valence-electron chi connectivity index (χ1n) is 5.95. The largest absolute Gasteiger partial charge is 0.490 e. The zero-order chi connectivity index (χ0) is 12.1. The summed E-state index contributed by atoms with van der Waals surface area (Å²) in [5.74, 6) is 0.614. The lowest BCUT2D eigenvalue weighted by Gasteiger charge is -2.15. The van der Waals surface area contributed by atoms with E-state index in [9.17, 15) is 0 Å². The summed E-state index contributed by atoms with van der Waals surface area (Å²) in [6.07, 6.45) is 2.57. The molecule has 1 heterocycles. The lowest BCUT2D eigenvalue weighted by molar-refractivity contribution is 0.238. The molecule has 0 bridgehead atoms. The molecule has 0 spiro atoms. The van der Waals surface area contributed by atoms with Crippen molar-refractivity contribution in [2.75, 3.05) is 32.0 Å². The van der Waals surface area contributed by atoms with Gasteiger partial charge in [0, 0.05) is 6.54 Å². The Morgan fingerprint density at radius 1 is 1.35 bits per heavy atom. The van der Waals surface area contributed by atoms with Crippen LogP contribution in [0.1, 0.15) is 18.4 Å². The minimum atomic E-state index is 0.441. The van der Waals surface area contributed by atoms with Crippen LogP contribution in [0.15, 0.2) is 18.2 Å². The van der Waals surface area contributed by atoms with Crippen LogP contribution in [0, 0.1) is 11.3 Å². The molecule has 1 aliphatic rings. The third kappa shape index (κ3) is 2.89. The Labute approximate surface area is 102 Å². The molecule has 0 amide bonds. The summed E-state index contributed by atoms with van der Waals surface area (Å²) < 4.78 is 5.62. The van der Waals surface area contributed by atoms with E-state index in [2.05, 4.69) is 11.0 Å². The molecule has 0 aromatic heterocycles. The third-order valence-corrected chi connectivity index (χ3v) is 3.05. The maximum Gasteiger partial charge on any atom is 0.143 e. The van der Waals surface area contributed by atoms with Gasteiger partial charge in [0.1, 0.15) is 18.4 Å². The van der Waals surface area contributed by atoms with Gasteiger partial charge in [-0.25, -0.2) is 0 Å². The average molecular weight is 231 g/mol. The molecule has 1 saturated heterocycles. The van der Waals surface area contributed by atoms with Crippen LogP contribution in [0.2, 0.25) is 0 Å². The number of para-hydroxylation sites is 1. The fourth-order valence-corrected chi connectivity index (χ4v) is 2.06. The molecule has 90 valence electrons. The number of hydrogen-bond donors (Lipinski definition) is 1. The maximum absolute atomic E-state index is 8.85. The number of likely N-dealkylation sites (tertiary alicyclic amines) is 1. The van der Waals surface area contributed by atoms with Gasteiger partial charge in [0.25, 0.3) is 0 Å². The van der Waals surface area contributed by atoms with E-state index in [1.807, 2.05) is 0 Å². The molecule has 4 nitrogen and oxygen atoms in total. The lowest BCUT2D eigenvalue weighted by Crippen LogP contribution is -2.25. The van der Waals surface area contributed by atoms with Gasteiger partial charge in [0.15, 0.2) is 0 Å². The van der Waals surface area contributed by atoms with Crippen molar-refractivity contribution >= 4 is 5.69 Å². The molecule has 0 aliphatic carbocycles. The van der Waals surface area contributed by atoms with E-state index in [4.69, 9.17) is 15.7 Å². The van der Waals surface area contributed by atoms with Crippen LogP contribution >= 0.6 is 0 Å². The van der Waals surface area contributed by atoms with Crippen molar-refractivity contribution in [1.29, 1.82) is 5.26 Å². The first-order valence-corrected chi connectivity index (χ1v) is 5.95. The van der Waals surface area contributed by atoms with E-state index in [0.717, 1.165) is 19.6 Å². The molecular weight excluding hydrogens is 214 g/mol. The van der Waals surface area contributed by atoms with Crippen LogP contribution in [0.4, 0.5) is 5.69 Å². The Morgan fingerprint density at radius 3 is 2.82 bits per heavy atom. The van der Waals surface area contributed by atoms with E-state index in [1.165, 1.54) is 12.8 Å². The summed E-state index contributed by atoms with van der Waals surface area (Å²) in [5.41, 5.74) is 6.74. The molecule has 1 fully saturated rings. The molecule has 0 saturated carbocycles. The Hall–Kier alpha value is -1.73. The maximum atomic E-state index is 8.85. The standard InChI is InChI=1S/C13H17N3O/c14-10-11-4-3-5-12(13(11)15)17-9-8-16-6-1-2-7-16/h3-5H,1-2,6-9,15H2. The quantitative estimate of drug-likeness (QED) is 0.800. The second-order valence-corrected chi connectivity index (χ2v) is 4.23. The molecule has 1 aromatic rings. The van der Waals surface area contributed by atoms with E-state index < -0.39 is 0 Å². The smallest absolute Gasteiger partial charge is 0.143 e. The molecule has 1 aliphatic heterocycles. The summed E-state index contributed by atoms with van der Waals surface area (Å²) in [7, 11) is 0. The molecular formula is C13H17N3O. The number of nitrogens with two attached hydrogens (primary N) is 1. The van der Waals surface area contributed by atoms with Gasteiger partial charge in [0.2, 0.25) is 0 Å². The zero-order valence-corrected chi connectivity index (χ0v) is 9.85. The monoisotopic (exact) mass is 231 g/mol. The van der Waals surface area contributed by atoms with E-state index >= 15 is 0 Å². The number of nitrogen functional groups attached to an aromatic ring is 1. The van der Waals surface area contributed by atoms with Crippen molar-refractivity contribution in [3.05, 3.63) is 23.8 Å². The highest BCUT2D eigenvalue weighted by atomic mass is 16.5. The van der Waals surface area contributed by atoms with E-state index in [1.54, 1.807) is 18.2 Å². The van der Waals surface area contributed by atoms with Crippen LogP contribution in [-0.2, 0) is 0 Å². The van der Waals surface area contributed by atoms with Crippen molar-refractivity contribution in [3.63, 3.8) is 0 Å². The Bertz CT molecular complexity index is 419. The molecule has 17 heavy (non-hydrogen) atoms. The van der Waals surface area contributed by atoms with Gasteiger partial charge in [-0.2, -0.15) is 5.26 Å². The number of benzene rings is 1. The number of anilines is 1. The minimum absolute atomic E-state index is 0.441. The van der Waals surface area contributed by atoms with Crippen molar-refractivity contribution in [1.82, 2.24) is 4.90 Å². The van der Waals surface area contributed by atoms with Crippen LogP contribution in [0.5, 0.6) is 5.75 Å². The Morgan fingerprint density at radius 2 is 2.12 bits per heavy atom. The highest BCUT2D eigenvalue weighted by Gasteiger charge is 2.11. The zero-order valence-electron chi connectivity index (χ0n) is 9.85. The first-order chi connectivity index (χ1) is 8.31. The summed E-state index contributed by atoms with van der Waals surface area (Å²) in [4.78, 5) is 2.38. The molecule has 0 unspecified atom stereocenters. The van der Waals surface area contributed by atoms with Crippen LogP contribution in [-0.4, -0.2) is 31.1 Å². The minimum Gasteiger partial charge on any atom is -0.490 e. The van der Waals surface area contributed by atoms with Gasteiger partial charge >= 0.3 is 0 Å². The fraction of sp³-hybridized carbons (Fsp3) is 0.462. The lowest BCUT2D eigenvalue weighted by atomic mass is 10.2. The van der Waals surface area contributed by atoms with Gasteiger partial charge in [-0.3, -0.25) is 4.90 Å². The molecule has 4 heteroatoms. The predicted molar refractivity (Wildman–Crippen MR) is 66.7 cm³/mol. The second kappa shape index (κ2) is 5.55. The van der Waals surface area contributed by atoms with E-state index in [-0.39, 0.29) is 0 Å². The summed E-state index contributed by atoms with van der Waals surface area (Å²) in [5, 5.41) is 8.85. The number of rotatable bonds is 4. The molecule has 2 rings (SSSR count). The number of nitrogens with zero attached hydrogens (tertiary/aromatic N) is 2. The topological polar surface area (TPSA) is 62.3 Å². The van der Waals surface area contributed by atoms with Crippen molar-refractivity contribution in [2.24, 2.45) is 0 Å². The van der Waals surface area contributed by atoms with Gasteiger partial charge in [-0.1, -0.05) is 6.07 Å². The third-order valence-electron chi connectivity index (χ3n) is 3.05. The highest BCUT2D eigenvalue weighted by Crippen LogP contribution is 2.24. The first kappa shape index (κ1) is 11.7. The molecule has 1 aromatic carbocycles. The summed E-state index contributed by atoms with van der Waals surface area (Å²) >= 11 is 0. The predicted octanol–water partition coefficient (Wildman–Crippen LogP) is 1.62. The van der Waals surface area contributed by atoms with Gasteiger partial charge in [-0.15, -0.1) is 0 Å². The van der Waals surface area contributed by atoms with Crippen LogP contribution < -0.4 is 10.5 Å². The number of hydrogen-bond acceptors (Lipinski definition) is 4. The van der Waals surface area contributed by atoms with Gasteiger partial charge < -0.3 is 10.5 Å². The van der Waals surface area contributed by atoms with E-state index in [0.29, 0.717) is 23.6 Å². The molecule has 2 N–H and O–H groups in total. The summed E-state index contributed by atoms with van der Waals surface area (Å²) in [6, 6.07) is 7.35. The van der Waals surface area contributed by atoms with Crippen molar-refractivity contribution < 1.29 is 4.74 Å². The van der Waals surface area contributed by atoms with Crippen LogP contribution in [0.25, 0.3) is 0 Å². The fourth-order valence-electron chi connectivity index (χ4n) is 2.06. The van der Waals surface area contributed by atoms with Gasteiger partial charge in [-0.05, 0) is 38.1 Å². The summed E-state index contributed by atoms with van der Waals surface area (Å²) in [6.45, 7) is 3.88. The highest BCUT2D eigenvalue weighted by molar-refractivity contribution is 5.62.